The summed E-state index contributed by atoms with van der Waals surface area (Å²) in [6, 6.07) is 6.32. The van der Waals surface area contributed by atoms with Crippen molar-refractivity contribution in [1.29, 1.82) is 0 Å². The van der Waals surface area contributed by atoms with Gasteiger partial charge in [-0.25, -0.2) is 0 Å². The van der Waals surface area contributed by atoms with Crippen LogP contribution >= 0.6 is 0 Å². The quantitative estimate of drug-likeness (QED) is 0.603. The molecule has 0 amide bonds. The summed E-state index contributed by atoms with van der Waals surface area (Å²) in [6.07, 6.45) is -4.36. The smallest absolute Gasteiger partial charge is 0.413 e. The zero-order valence-corrected chi connectivity index (χ0v) is 7.71. The number of hydrogen-bond donors (Lipinski definition) is 2. The van der Waals surface area contributed by atoms with E-state index in [1.54, 1.807) is 18.2 Å². The third kappa shape index (κ3) is 4.66. The van der Waals surface area contributed by atoms with Crippen molar-refractivity contribution in [3.63, 3.8) is 0 Å². The van der Waals surface area contributed by atoms with E-state index in [-0.39, 0.29) is 12.3 Å². The van der Waals surface area contributed by atoms with Gasteiger partial charge in [-0.3, -0.25) is 4.84 Å². The van der Waals surface area contributed by atoms with E-state index in [0.29, 0.717) is 5.56 Å². The first-order chi connectivity index (χ1) is 6.99. The van der Waals surface area contributed by atoms with Crippen LogP contribution in [0.2, 0.25) is 0 Å². The van der Waals surface area contributed by atoms with Gasteiger partial charge in [-0.05, 0) is 6.07 Å². The van der Waals surface area contributed by atoms with E-state index in [2.05, 4.69) is 10.3 Å². The second-order valence-electron chi connectivity index (χ2n) is 2.85. The molecule has 3 nitrogen and oxygen atoms in total. The molecule has 2 N–H and O–H groups in total. The largest absolute Gasteiger partial charge is 0.508 e. The topological polar surface area (TPSA) is 41.5 Å². The number of halogens is 3. The monoisotopic (exact) mass is 221 g/mol. The molecule has 0 radical (unpaired) electrons. The normalized spacial score (nSPS) is 11.7. The molecule has 84 valence electrons. The number of benzene rings is 1. The van der Waals surface area contributed by atoms with Crippen molar-refractivity contribution in [3.05, 3.63) is 29.8 Å². The highest BCUT2D eigenvalue weighted by Gasteiger charge is 2.27. The molecule has 0 saturated heterocycles. The Bertz CT molecular complexity index is 314. The predicted octanol–water partition coefficient (Wildman–Crippen LogP) is 1.98. The summed E-state index contributed by atoms with van der Waals surface area (Å²) in [7, 11) is 0. The van der Waals surface area contributed by atoms with Crippen molar-refractivity contribution < 1.29 is 23.1 Å². The van der Waals surface area contributed by atoms with Crippen LogP contribution in [-0.2, 0) is 11.4 Å². The molecule has 0 atom stereocenters. The van der Waals surface area contributed by atoms with E-state index in [9.17, 15) is 18.3 Å². The van der Waals surface area contributed by atoms with E-state index >= 15 is 0 Å². The molecular formula is C9H10F3NO2. The minimum atomic E-state index is -4.36. The zero-order chi connectivity index (χ0) is 11.3. The maximum Gasteiger partial charge on any atom is 0.413 e. The molecule has 0 aliphatic rings. The van der Waals surface area contributed by atoms with E-state index in [1.807, 2.05) is 0 Å². The molecule has 0 bridgehead atoms. The van der Waals surface area contributed by atoms with Gasteiger partial charge in [0.2, 0.25) is 0 Å². The molecule has 0 aliphatic carbocycles. The number of alkyl halides is 3. The van der Waals surface area contributed by atoms with E-state index in [4.69, 9.17) is 0 Å². The van der Waals surface area contributed by atoms with Gasteiger partial charge in [-0.2, -0.15) is 18.7 Å². The molecule has 0 aromatic heterocycles. The predicted molar refractivity (Wildman–Crippen MR) is 47.0 cm³/mol. The van der Waals surface area contributed by atoms with Gasteiger partial charge in [0.05, 0.1) is 0 Å². The van der Waals surface area contributed by atoms with Gasteiger partial charge in [0.25, 0.3) is 0 Å². The number of rotatable bonds is 4. The number of phenolic OH excluding ortho intramolecular Hbond substituents is 1. The highest BCUT2D eigenvalue weighted by molar-refractivity contribution is 5.31. The first kappa shape index (κ1) is 11.8. The van der Waals surface area contributed by atoms with Crippen molar-refractivity contribution >= 4 is 0 Å². The number of nitrogens with one attached hydrogen (secondary N) is 1. The van der Waals surface area contributed by atoms with E-state index in [1.165, 1.54) is 6.07 Å². The third-order valence-corrected chi connectivity index (χ3v) is 1.59. The van der Waals surface area contributed by atoms with Crippen LogP contribution in [0.5, 0.6) is 5.75 Å². The highest BCUT2D eigenvalue weighted by Crippen LogP contribution is 2.16. The molecule has 0 unspecified atom stereocenters. The Hall–Kier alpha value is -1.27. The Labute approximate surface area is 84.4 Å². The van der Waals surface area contributed by atoms with Gasteiger partial charge in [0, 0.05) is 12.1 Å². The van der Waals surface area contributed by atoms with E-state index < -0.39 is 12.8 Å². The molecule has 15 heavy (non-hydrogen) atoms. The Morgan fingerprint density at radius 2 is 1.93 bits per heavy atom. The average molecular weight is 221 g/mol. The SMILES string of the molecule is Oc1ccccc1CNOCC(F)(F)F. The lowest BCUT2D eigenvalue weighted by Gasteiger charge is -2.09. The summed E-state index contributed by atoms with van der Waals surface area (Å²) < 4.78 is 34.9. The van der Waals surface area contributed by atoms with Gasteiger partial charge >= 0.3 is 6.18 Å². The fraction of sp³-hybridized carbons (Fsp3) is 0.333. The number of para-hydroxylation sites is 1. The summed E-state index contributed by atoms with van der Waals surface area (Å²) in [5, 5.41) is 9.25. The van der Waals surface area contributed by atoms with Crippen LogP contribution in [0.25, 0.3) is 0 Å². The van der Waals surface area contributed by atoms with Crippen LogP contribution in [0.4, 0.5) is 13.2 Å². The number of aromatic hydroxyl groups is 1. The van der Waals surface area contributed by atoms with E-state index in [0.717, 1.165) is 0 Å². The van der Waals surface area contributed by atoms with Crippen molar-refractivity contribution in [3.8, 4) is 5.75 Å². The van der Waals surface area contributed by atoms with Gasteiger partial charge in [0.1, 0.15) is 5.75 Å². The van der Waals surface area contributed by atoms with Crippen molar-refractivity contribution in [2.24, 2.45) is 0 Å². The molecule has 0 spiro atoms. The molecule has 1 aromatic rings. The Balaban J connectivity index is 2.30. The molecule has 0 fully saturated rings. The molecule has 6 heteroatoms. The lowest BCUT2D eigenvalue weighted by Crippen LogP contribution is -2.24. The second kappa shape index (κ2) is 4.99. The van der Waals surface area contributed by atoms with Crippen LogP contribution in [0.3, 0.4) is 0 Å². The molecule has 0 aliphatic heterocycles. The van der Waals surface area contributed by atoms with Crippen molar-refractivity contribution in [2.75, 3.05) is 6.61 Å². The van der Waals surface area contributed by atoms with Crippen molar-refractivity contribution in [1.82, 2.24) is 5.48 Å². The molecule has 0 heterocycles. The summed E-state index contributed by atoms with van der Waals surface area (Å²) in [4.78, 5) is 4.17. The minimum Gasteiger partial charge on any atom is -0.508 e. The average Bonchev–Trinajstić information content (AvgIpc) is 2.13. The Kier molecular flexibility index (Phi) is 3.93. The summed E-state index contributed by atoms with van der Waals surface area (Å²) in [5.74, 6) is 0.0145. The fourth-order valence-corrected chi connectivity index (χ4v) is 0.922. The second-order valence-corrected chi connectivity index (χ2v) is 2.85. The maximum atomic E-state index is 11.6. The standard InChI is InChI=1S/C9H10F3NO2/c10-9(11,12)6-15-13-5-7-3-1-2-4-8(7)14/h1-4,13-14H,5-6H2. The van der Waals surface area contributed by atoms with Gasteiger partial charge in [0.15, 0.2) is 6.61 Å². The number of hydrogen-bond acceptors (Lipinski definition) is 3. The molecule has 1 aromatic carbocycles. The summed E-state index contributed by atoms with van der Waals surface area (Å²) in [6.45, 7) is -1.34. The Morgan fingerprint density at radius 3 is 2.53 bits per heavy atom. The molecule has 1 rings (SSSR count). The lowest BCUT2D eigenvalue weighted by atomic mass is 10.2. The third-order valence-electron chi connectivity index (χ3n) is 1.59. The highest BCUT2D eigenvalue weighted by atomic mass is 19.4. The van der Waals surface area contributed by atoms with Crippen LogP contribution < -0.4 is 5.48 Å². The maximum absolute atomic E-state index is 11.6. The van der Waals surface area contributed by atoms with Gasteiger partial charge in [-0.15, -0.1) is 0 Å². The summed E-state index contributed by atoms with van der Waals surface area (Å²) in [5.41, 5.74) is 2.59. The minimum absolute atomic E-state index is 0.0145. The van der Waals surface area contributed by atoms with Gasteiger partial charge < -0.3 is 5.11 Å². The van der Waals surface area contributed by atoms with Crippen molar-refractivity contribution in [2.45, 2.75) is 12.7 Å². The number of phenols is 1. The first-order valence-electron chi connectivity index (χ1n) is 4.17. The fourth-order valence-electron chi connectivity index (χ4n) is 0.922. The Morgan fingerprint density at radius 1 is 1.27 bits per heavy atom. The van der Waals surface area contributed by atoms with Gasteiger partial charge in [-0.1, -0.05) is 18.2 Å². The van der Waals surface area contributed by atoms with Crippen LogP contribution in [0.15, 0.2) is 24.3 Å². The molecular weight excluding hydrogens is 211 g/mol. The lowest BCUT2D eigenvalue weighted by molar-refractivity contribution is -0.190. The molecule has 0 saturated carbocycles. The van der Waals surface area contributed by atoms with Crippen LogP contribution in [0, 0.1) is 0 Å². The zero-order valence-electron chi connectivity index (χ0n) is 7.71. The van der Waals surface area contributed by atoms with Crippen LogP contribution in [-0.4, -0.2) is 17.9 Å². The van der Waals surface area contributed by atoms with Crippen LogP contribution in [0.1, 0.15) is 5.56 Å². The summed E-state index contributed by atoms with van der Waals surface area (Å²) >= 11 is 0. The first-order valence-corrected chi connectivity index (χ1v) is 4.17. The number of hydroxylamine groups is 1.